The predicted molar refractivity (Wildman–Crippen MR) is 86.2 cm³/mol. The van der Waals surface area contributed by atoms with Crippen molar-refractivity contribution in [1.82, 2.24) is 9.78 Å². The van der Waals surface area contributed by atoms with Crippen LogP contribution in [0.4, 0.5) is 0 Å². The summed E-state index contributed by atoms with van der Waals surface area (Å²) in [6.07, 6.45) is 0.714. The molecule has 6 heteroatoms. The van der Waals surface area contributed by atoms with E-state index in [1.807, 2.05) is 20.8 Å². The van der Waals surface area contributed by atoms with E-state index in [2.05, 4.69) is 5.10 Å². The molecule has 0 aliphatic carbocycles. The Morgan fingerprint density at radius 1 is 1.23 bits per heavy atom. The first-order valence-corrected chi connectivity index (χ1v) is 7.17. The molecule has 0 fully saturated rings. The Morgan fingerprint density at radius 3 is 2.41 bits per heavy atom. The van der Waals surface area contributed by atoms with Crippen LogP contribution in [-0.4, -0.2) is 30.3 Å². The largest absolute Gasteiger partial charge is 0.497 e. The standard InChI is InChI=1S/C16H19ClN2O3/c1-16(2,3)19-15(17)12(9-20)14(18-19)11-8-10(21-4)6-7-13(11)22-5/h6-9H,1-5H3. The van der Waals surface area contributed by atoms with Gasteiger partial charge in [0.05, 0.1) is 25.3 Å². The molecule has 0 saturated carbocycles. The van der Waals surface area contributed by atoms with E-state index in [0.29, 0.717) is 39.8 Å². The lowest BCUT2D eigenvalue weighted by Gasteiger charge is -2.20. The summed E-state index contributed by atoms with van der Waals surface area (Å²) in [5.41, 5.74) is 1.13. The number of aromatic nitrogens is 2. The molecule has 5 nitrogen and oxygen atoms in total. The minimum absolute atomic E-state index is 0.308. The summed E-state index contributed by atoms with van der Waals surface area (Å²) in [6, 6.07) is 5.33. The SMILES string of the molecule is COc1ccc(OC)c(-c2nn(C(C)(C)C)c(Cl)c2C=O)c1. The van der Waals surface area contributed by atoms with Crippen molar-refractivity contribution in [2.45, 2.75) is 26.3 Å². The summed E-state index contributed by atoms with van der Waals surface area (Å²) in [4.78, 5) is 11.5. The first kappa shape index (κ1) is 16.4. The lowest BCUT2D eigenvalue weighted by Crippen LogP contribution is -2.23. The van der Waals surface area contributed by atoms with Gasteiger partial charge in [0.1, 0.15) is 22.3 Å². The zero-order chi connectivity index (χ0) is 16.5. The number of methoxy groups -OCH3 is 2. The van der Waals surface area contributed by atoms with E-state index in [4.69, 9.17) is 21.1 Å². The van der Waals surface area contributed by atoms with Crippen LogP contribution in [0.15, 0.2) is 18.2 Å². The monoisotopic (exact) mass is 322 g/mol. The third-order valence-corrected chi connectivity index (χ3v) is 3.64. The Morgan fingerprint density at radius 2 is 1.91 bits per heavy atom. The van der Waals surface area contributed by atoms with Crippen LogP contribution >= 0.6 is 11.6 Å². The van der Waals surface area contributed by atoms with Crippen molar-refractivity contribution in [1.29, 1.82) is 0 Å². The van der Waals surface area contributed by atoms with Crippen molar-refractivity contribution in [3.05, 3.63) is 28.9 Å². The van der Waals surface area contributed by atoms with Crippen LogP contribution in [0.2, 0.25) is 5.15 Å². The number of nitrogens with zero attached hydrogens (tertiary/aromatic N) is 2. The number of carbonyl (C=O) groups excluding carboxylic acids is 1. The van der Waals surface area contributed by atoms with Gasteiger partial charge in [-0.3, -0.25) is 4.79 Å². The number of hydrogen-bond acceptors (Lipinski definition) is 4. The Bertz CT molecular complexity index is 702. The first-order chi connectivity index (χ1) is 10.3. The fourth-order valence-corrected chi connectivity index (χ4v) is 2.58. The van der Waals surface area contributed by atoms with Gasteiger partial charge < -0.3 is 9.47 Å². The fraction of sp³-hybridized carbons (Fsp3) is 0.375. The van der Waals surface area contributed by atoms with Gasteiger partial charge in [-0.2, -0.15) is 5.10 Å². The summed E-state index contributed by atoms with van der Waals surface area (Å²) in [5.74, 6) is 1.24. The number of ether oxygens (including phenoxy) is 2. The molecule has 22 heavy (non-hydrogen) atoms. The predicted octanol–water partition coefficient (Wildman–Crippen LogP) is 3.79. The van der Waals surface area contributed by atoms with E-state index < -0.39 is 0 Å². The highest BCUT2D eigenvalue weighted by molar-refractivity contribution is 6.32. The minimum Gasteiger partial charge on any atom is -0.497 e. The van der Waals surface area contributed by atoms with Gasteiger partial charge in [0.15, 0.2) is 6.29 Å². The van der Waals surface area contributed by atoms with E-state index in [1.165, 1.54) is 0 Å². The van der Waals surface area contributed by atoms with E-state index >= 15 is 0 Å². The maximum Gasteiger partial charge on any atom is 0.155 e. The highest BCUT2D eigenvalue weighted by Gasteiger charge is 2.26. The molecular weight excluding hydrogens is 304 g/mol. The number of rotatable bonds is 4. The molecule has 0 atom stereocenters. The average Bonchev–Trinajstić information content (AvgIpc) is 2.83. The summed E-state index contributed by atoms with van der Waals surface area (Å²) < 4.78 is 12.2. The number of hydrogen-bond donors (Lipinski definition) is 0. The van der Waals surface area contributed by atoms with Crippen LogP contribution in [-0.2, 0) is 5.54 Å². The Labute approximate surface area is 134 Å². The van der Waals surface area contributed by atoms with Gasteiger partial charge in [-0.25, -0.2) is 4.68 Å². The van der Waals surface area contributed by atoms with Gasteiger partial charge in [0.2, 0.25) is 0 Å². The number of benzene rings is 1. The third kappa shape index (κ3) is 2.81. The van der Waals surface area contributed by atoms with Crippen molar-refractivity contribution in [3.8, 4) is 22.8 Å². The summed E-state index contributed by atoms with van der Waals surface area (Å²) in [7, 11) is 3.14. The third-order valence-electron chi connectivity index (χ3n) is 3.28. The van der Waals surface area contributed by atoms with Crippen molar-refractivity contribution < 1.29 is 14.3 Å². The molecule has 0 aliphatic heterocycles. The van der Waals surface area contributed by atoms with Crippen LogP contribution in [0.1, 0.15) is 31.1 Å². The lowest BCUT2D eigenvalue weighted by molar-refractivity contribution is 0.112. The molecule has 1 aromatic carbocycles. The zero-order valence-corrected chi connectivity index (χ0v) is 14.1. The molecule has 1 heterocycles. The van der Waals surface area contributed by atoms with Crippen molar-refractivity contribution in [3.63, 3.8) is 0 Å². The zero-order valence-electron chi connectivity index (χ0n) is 13.3. The van der Waals surface area contributed by atoms with E-state index in [1.54, 1.807) is 37.1 Å². The highest BCUT2D eigenvalue weighted by Crippen LogP contribution is 2.37. The Kier molecular flexibility index (Phi) is 4.47. The normalized spacial score (nSPS) is 11.4. The van der Waals surface area contributed by atoms with Crippen LogP contribution in [0.5, 0.6) is 11.5 Å². The number of aldehydes is 1. The number of halogens is 1. The molecule has 1 aromatic heterocycles. The molecule has 0 N–H and O–H groups in total. The van der Waals surface area contributed by atoms with Crippen LogP contribution in [0.3, 0.4) is 0 Å². The molecular formula is C16H19ClN2O3. The van der Waals surface area contributed by atoms with Gasteiger partial charge >= 0.3 is 0 Å². The number of carbonyl (C=O) groups is 1. The molecule has 0 radical (unpaired) electrons. The fourth-order valence-electron chi connectivity index (χ4n) is 2.16. The summed E-state index contributed by atoms with van der Waals surface area (Å²) in [5, 5.41) is 4.83. The molecule has 2 aromatic rings. The molecule has 118 valence electrons. The van der Waals surface area contributed by atoms with E-state index in [0.717, 1.165) is 0 Å². The van der Waals surface area contributed by atoms with E-state index in [-0.39, 0.29) is 5.54 Å². The van der Waals surface area contributed by atoms with Crippen molar-refractivity contribution >= 4 is 17.9 Å². The van der Waals surface area contributed by atoms with Gasteiger partial charge in [0, 0.05) is 5.56 Å². The maximum absolute atomic E-state index is 11.5. The van der Waals surface area contributed by atoms with Crippen LogP contribution in [0.25, 0.3) is 11.3 Å². The molecule has 0 bridgehead atoms. The Hall–Kier alpha value is -2.01. The average molecular weight is 323 g/mol. The molecule has 0 saturated heterocycles. The smallest absolute Gasteiger partial charge is 0.155 e. The van der Waals surface area contributed by atoms with E-state index in [9.17, 15) is 4.79 Å². The quantitative estimate of drug-likeness (QED) is 0.804. The highest BCUT2D eigenvalue weighted by atomic mass is 35.5. The molecule has 0 spiro atoms. The second kappa shape index (κ2) is 6.01. The summed E-state index contributed by atoms with van der Waals surface area (Å²) >= 11 is 6.33. The minimum atomic E-state index is -0.348. The van der Waals surface area contributed by atoms with Gasteiger partial charge in [-0.05, 0) is 39.0 Å². The maximum atomic E-state index is 11.5. The Balaban J connectivity index is 2.74. The van der Waals surface area contributed by atoms with Gasteiger partial charge in [-0.15, -0.1) is 0 Å². The van der Waals surface area contributed by atoms with Crippen LogP contribution in [0, 0.1) is 0 Å². The van der Waals surface area contributed by atoms with Crippen LogP contribution < -0.4 is 9.47 Å². The van der Waals surface area contributed by atoms with Crippen molar-refractivity contribution in [2.75, 3.05) is 14.2 Å². The van der Waals surface area contributed by atoms with Crippen molar-refractivity contribution in [2.24, 2.45) is 0 Å². The first-order valence-electron chi connectivity index (χ1n) is 6.80. The second-order valence-corrected chi connectivity index (χ2v) is 6.18. The van der Waals surface area contributed by atoms with Gasteiger partial charge in [0.25, 0.3) is 0 Å². The summed E-state index contributed by atoms with van der Waals surface area (Å²) in [6.45, 7) is 5.90. The topological polar surface area (TPSA) is 53.4 Å². The second-order valence-electron chi connectivity index (χ2n) is 5.82. The molecule has 0 amide bonds. The lowest BCUT2D eigenvalue weighted by atomic mass is 10.1. The molecule has 2 rings (SSSR count). The van der Waals surface area contributed by atoms with Gasteiger partial charge in [-0.1, -0.05) is 11.6 Å². The molecule has 0 unspecified atom stereocenters. The molecule has 0 aliphatic rings.